The Morgan fingerprint density at radius 2 is 1.88 bits per heavy atom. The summed E-state index contributed by atoms with van der Waals surface area (Å²) >= 11 is 19.4. The Hall–Kier alpha value is -0.280. The zero-order valence-electron chi connectivity index (χ0n) is 8.21. The van der Waals surface area contributed by atoms with Crippen LogP contribution in [0.15, 0.2) is 23.6 Å². The van der Waals surface area contributed by atoms with E-state index in [1.165, 1.54) is 0 Å². The van der Waals surface area contributed by atoms with Crippen molar-refractivity contribution in [2.24, 2.45) is 0 Å². The molecule has 5 heteroatoms. The van der Waals surface area contributed by atoms with E-state index in [-0.39, 0.29) is 0 Å². The van der Waals surface area contributed by atoms with Crippen LogP contribution in [0.3, 0.4) is 0 Å². The minimum atomic E-state index is 0.437. The van der Waals surface area contributed by atoms with Crippen LogP contribution in [0.2, 0.25) is 10.0 Å². The first kappa shape index (κ1) is 12.2. The van der Waals surface area contributed by atoms with E-state index in [9.17, 15) is 0 Å². The van der Waals surface area contributed by atoms with E-state index in [0.717, 1.165) is 16.3 Å². The zero-order valence-corrected chi connectivity index (χ0v) is 11.3. The molecule has 0 bridgehead atoms. The Bertz CT molecular complexity index is 475. The lowest BCUT2D eigenvalue weighted by Gasteiger charge is -2.03. The van der Waals surface area contributed by atoms with Crippen LogP contribution in [-0.2, 0) is 12.3 Å². The largest absolute Gasteiger partial charge is 0.245 e. The molecule has 0 amide bonds. The minimum absolute atomic E-state index is 0.437. The van der Waals surface area contributed by atoms with Crippen molar-refractivity contribution in [1.82, 2.24) is 4.98 Å². The van der Waals surface area contributed by atoms with Gasteiger partial charge in [0.15, 0.2) is 0 Å². The van der Waals surface area contributed by atoms with Gasteiger partial charge in [-0.1, -0.05) is 29.3 Å². The van der Waals surface area contributed by atoms with Crippen LogP contribution in [0.5, 0.6) is 0 Å². The van der Waals surface area contributed by atoms with Crippen LogP contribution in [0.25, 0.3) is 0 Å². The molecule has 0 aliphatic heterocycles. The van der Waals surface area contributed by atoms with Crippen molar-refractivity contribution in [1.29, 1.82) is 0 Å². The summed E-state index contributed by atoms with van der Waals surface area (Å²) in [5.41, 5.74) is 1.81. The molecule has 84 valence electrons. The second-order valence-corrected chi connectivity index (χ2v) is 5.27. The lowest BCUT2D eigenvalue weighted by molar-refractivity contribution is 1.09. The number of halogens is 3. The molecule has 0 saturated heterocycles. The van der Waals surface area contributed by atoms with Crippen molar-refractivity contribution in [2.45, 2.75) is 12.3 Å². The Balaban J connectivity index is 2.26. The van der Waals surface area contributed by atoms with Gasteiger partial charge in [-0.2, -0.15) is 0 Å². The third-order valence-corrected chi connectivity index (χ3v) is 4.01. The van der Waals surface area contributed by atoms with Crippen LogP contribution < -0.4 is 0 Å². The fraction of sp³-hybridized carbons (Fsp3) is 0.182. The van der Waals surface area contributed by atoms with Gasteiger partial charge in [0.05, 0.1) is 16.6 Å². The molecule has 0 unspecified atom stereocenters. The van der Waals surface area contributed by atoms with Crippen molar-refractivity contribution < 1.29 is 0 Å². The van der Waals surface area contributed by atoms with Crippen LogP contribution in [0.4, 0.5) is 0 Å². The topological polar surface area (TPSA) is 12.9 Å². The summed E-state index contributed by atoms with van der Waals surface area (Å²) in [6.07, 6.45) is 0.653. The molecule has 0 spiro atoms. The van der Waals surface area contributed by atoms with Crippen LogP contribution in [0, 0.1) is 0 Å². The van der Waals surface area contributed by atoms with Crippen molar-refractivity contribution in [2.75, 3.05) is 0 Å². The van der Waals surface area contributed by atoms with Crippen LogP contribution >= 0.6 is 46.1 Å². The van der Waals surface area contributed by atoms with Crippen molar-refractivity contribution in [3.8, 4) is 0 Å². The Kier molecular flexibility index (Phi) is 4.09. The molecule has 0 aliphatic rings. The molecule has 1 heterocycles. The predicted molar refractivity (Wildman–Crippen MR) is 70.9 cm³/mol. The molecule has 2 aromatic rings. The molecule has 0 saturated carbocycles. The highest BCUT2D eigenvalue weighted by Crippen LogP contribution is 2.27. The smallest absolute Gasteiger partial charge is 0.0973 e. The number of nitrogens with zero attached hydrogens (tertiary/aromatic N) is 1. The fourth-order valence-electron chi connectivity index (χ4n) is 1.34. The Morgan fingerprint density at radius 1 is 1.19 bits per heavy atom. The van der Waals surface area contributed by atoms with Crippen LogP contribution in [0.1, 0.15) is 16.3 Å². The molecule has 2 rings (SSSR count). The third kappa shape index (κ3) is 2.69. The number of alkyl halides is 1. The van der Waals surface area contributed by atoms with Gasteiger partial charge in [-0.3, -0.25) is 0 Å². The fourth-order valence-corrected chi connectivity index (χ4v) is 2.91. The number of hydrogen-bond acceptors (Lipinski definition) is 2. The summed E-state index contributed by atoms with van der Waals surface area (Å²) in [6, 6.07) is 5.50. The van der Waals surface area contributed by atoms with Crippen molar-refractivity contribution >= 4 is 46.1 Å². The summed E-state index contributed by atoms with van der Waals surface area (Å²) in [4.78, 5) is 4.38. The van der Waals surface area contributed by atoms with Crippen LogP contribution in [-0.4, -0.2) is 4.98 Å². The minimum Gasteiger partial charge on any atom is -0.245 e. The maximum Gasteiger partial charge on any atom is 0.0973 e. The first-order chi connectivity index (χ1) is 7.70. The van der Waals surface area contributed by atoms with Gasteiger partial charge in [0.1, 0.15) is 0 Å². The number of aromatic nitrogens is 1. The molecule has 0 aliphatic carbocycles. The van der Waals surface area contributed by atoms with E-state index in [1.807, 2.05) is 23.6 Å². The molecule has 0 radical (unpaired) electrons. The van der Waals surface area contributed by atoms with Gasteiger partial charge >= 0.3 is 0 Å². The molecule has 0 atom stereocenters. The van der Waals surface area contributed by atoms with E-state index < -0.39 is 0 Å². The van der Waals surface area contributed by atoms with Gasteiger partial charge in [0.25, 0.3) is 0 Å². The van der Waals surface area contributed by atoms with E-state index >= 15 is 0 Å². The zero-order chi connectivity index (χ0) is 11.5. The summed E-state index contributed by atoms with van der Waals surface area (Å²) < 4.78 is 0. The predicted octanol–water partition coefficient (Wildman–Crippen LogP) is 4.78. The summed E-state index contributed by atoms with van der Waals surface area (Å²) in [7, 11) is 0. The summed E-state index contributed by atoms with van der Waals surface area (Å²) in [5, 5.41) is 4.28. The van der Waals surface area contributed by atoms with Crippen molar-refractivity contribution in [3.63, 3.8) is 0 Å². The number of hydrogen-bond donors (Lipinski definition) is 0. The maximum absolute atomic E-state index is 6.09. The van der Waals surface area contributed by atoms with E-state index in [2.05, 4.69) is 4.98 Å². The standard InChI is InChI=1S/C11H8Cl3NS/c12-5-7-6-16-11(15-7)4-8-9(13)2-1-3-10(8)14/h1-3,6H,4-5H2. The summed E-state index contributed by atoms with van der Waals surface area (Å²) in [6.45, 7) is 0. The van der Waals surface area contributed by atoms with Gasteiger partial charge in [0, 0.05) is 21.8 Å². The molecule has 16 heavy (non-hydrogen) atoms. The Labute approximate surface area is 113 Å². The first-order valence-corrected chi connectivity index (χ1v) is 6.80. The van der Waals surface area contributed by atoms with Gasteiger partial charge in [-0.25, -0.2) is 4.98 Å². The molecule has 0 N–H and O–H groups in total. The highest BCUT2D eigenvalue weighted by atomic mass is 35.5. The molecule has 1 aromatic heterocycles. The number of thiazole rings is 1. The third-order valence-electron chi connectivity index (χ3n) is 2.13. The van der Waals surface area contributed by atoms with Gasteiger partial charge < -0.3 is 0 Å². The lowest BCUT2D eigenvalue weighted by atomic mass is 10.1. The quantitative estimate of drug-likeness (QED) is 0.742. The van der Waals surface area contributed by atoms with E-state index in [0.29, 0.717) is 22.3 Å². The molecule has 1 aromatic carbocycles. The lowest BCUT2D eigenvalue weighted by Crippen LogP contribution is -1.90. The monoisotopic (exact) mass is 291 g/mol. The SMILES string of the molecule is ClCc1csc(Cc2c(Cl)cccc2Cl)n1. The number of rotatable bonds is 3. The maximum atomic E-state index is 6.09. The van der Waals surface area contributed by atoms with Crippen molar-refractivity contribution in [3.05, 3.63) is 49.9 Å². The average Bonchev–Trinajstić information content (AvgIpc) is 2.71. The van der Waals surface area contributed by atoms with E-state index in [1.54, 1.807) is 11.3 Å². The highest BCUT2D eigenvalue weighted by molar-refractivity contribution is 7.09. The second kappa shape index (κ2) is 5.37. The molecule has 0 fully saturated rings. The number of benzene rings is 1. The molecular weight excluding hydrogens is 285 g/mol. The Morgan fingerprint density at radius 3 is 2.44 bits per heavy atom. The average molecular weight is 293 g/mol. The first-order valence-electron chi connectivity index (χ1n) is 4.63. The highest BCUT2D eigenvalue weighted by Gasteiger charge is 2.09. The normalized spacial score (nSPS) is 10.7. The van der Waals surface area contributed by atoms with Gasteiger partial charge in [-0.05, 0) is 17.7 Å². The molecule has 1 nitrogen and oxygen atoms in total. The van der Waals surface area contributed by atoms with Gasteiger partial charge in [0.2, 0.25) is 0 Å². The van der Waals surface area contributed by atoms with Gasteiger partial charge in [-0.15, -0.1) is 22.9 Å². The molecular formula is C11H8Cl3NS. The summed E-state index contributed by atoms with van der Waals surface area (Å²) in [5.74, 6) is 0.437. The second-order valence-electron chi connectivity index (χ2n) is 3.24. The van der Waals surface area contributed by atoms with E-state index in [4.69, 9.17) is 34.8 Å².